The first-order valence-electron chi connectivity index (χ1n) is 8.25. The van der Waals surface area contributed by atoms with Crippen LogP contribution in [0.5, 0.6) is 23.0 Å². The molecular weight excluding hydrogens is 352 g/mol. The van der Waals surface area contributed by atoms with Crippen LogP contribution in [0.1, 0.15) is 11.1 Å². The van der Waals surface area contributed by atoms with Crippen LogP contribution in [-0.2, 0) is 14.3 Å². The molecule has 7 nitrogen and oxygen atoms in total. The molecule has 2 aromatic rings. The number of hydrogen-bond donors (Lipinski definition) is 0. The van der Waals surface area contributed by atoms with E-state index in [-0.39, 0.29) is 11.1 Å². The fourth-order valence-electron chi connectivity index (χ4n) is 3.10. The molecule has 0 unspecified atom stereocenters. The van der Waals surface area contributed by atoms with E-state index in [1.54, 1.807) is 36.4 Å². The molecule has 0 amide bonds. The van der Waals surface area contributed by atoms with Gasteiger partial charge in [0.1, 0.15) is 24.7 Å². The van der Waals surface area contributed by atoms with Crippen molar-refractivity contribution >= 4 is 23.1 Å². The molecule has 138 valence electrons. The number of carbonyl (C=O) groups is 2. The van der Waals surface area contributed by atoms with Gasteiger partial charge >= 0.3 is 11.9 Å². The third kappa shape index (κ3) is 2.87. The van der Waals surface area contributed by atoms with Gasteiger partial charge in [0.05, 0.1) is 25.4 Å². The zero-order valence-corrected chi connectivity index (χ0v) is 14.7. The molecule has 0 bridgehead atoms. The summed E-state index contributed by atoms with van der Waals surface area (Å²) in [5.74, 6) is 0.616. The van der Waals surface area contributed by atoms with E-state index >= 15 is 0 Å². The van der Waals surface area contributed by atoms with Crippen LogP contribution < -0.4 is 18.9 Å². The Hall–Kier alpha value is -3.48. The normalized spacial score (nSPS) is 15.6. The van der Waals surface area contributed by atoms with E-state index in [9.17, 15) is 9.59 Å². The van der Waals surface area contributed by atoms with E-state index in [1.165, 1.54) is 14.2 Å². The molecule has 4 rings (SSSR count). The molecule has 0 N–H and O–H groups in total. The van der Waals surface area contributed by atoms with Crippen LogP contribution in [0, 0.1) is 0 Å². The Morgan fingerprint density at radius 3 is 2.30 bits per heavy atom. The number of fused-ring (bicyclic) bond motifs is 1. The Balaban J connectivity index is 1.90. The second-order valence-electron chi connectivity index (χ2n) is 5.85. The minimum absolute atomic E-state index is 0.135. The fourth-order valence-corrected chi connectivity index (χ4v) is 3.10. The van der Waals surface area contributed by atoms with Gasteiger partial charge in [-0.15, -0.1) is 0 Å². The lowest BCUT2D eigenvalue weighted by Crippen LogP contribution is -2.15. The van der Waals surface area contributed by atoms with Crippen LogP contribution in [0.25, 0.3) is 11.1 Å². The van der Waals surface area contributed by atoms with Gasteiger partial charge in [-0.1, -0.05) is 6.07 Å². The van der Waals surface area contributed by atoms with Crippen molar-refractivity contribution in [3.63, 3.8) is 0 Å². The molecule has 0 radical (unpaired) electrons. The summed E-state index contributed by atoms with van der Waals surface area (Å²) < 4.78 is 26.5. The monoisotopic (exact) mass is 368 g/mol. The Kier molecular flexibility index (Phi) is 4.19. The van der Waals surface area contributed by atoms with E-state index in [0.717, 1.165) is 0 Å². The lowest BCUT2D eigenvalue weighted by atomic mass is 9.95. The van der Waals surface area contributed by atoms with Gasteiger partial charge in [0.2, 0.25) is 0 Å². The average Bonchev–Trinajstić information content (AvgIpc) is 3.00. The van der Waals surface area contributed by atoms with Crippen LogP contribution in [0.4, 0.5) is 0 Å². The van der Waals surface area contributed by atoms with Gasteiger partial charge < -0.3 is 23.7 Å². The van der Waals surface area contributed by atoms with Gasteiger partial charge in [-0.05, 0) is 29.8 Å². The molecule has 0 aromatic heterocycles. The molecular formula is C20H16O7. The zero-order valence-electron chi connectivity index (χ0n) is 14.7. The van der Waals surface area contributed by atoms with Crippen molar-refractivity contribution in [2.75, 3.05) is 27.4 Å². The summed E-state index contributed by atoms with van der Waals surface area (Å²) >= 11 is 0. The number of hydrogen-bond acceptors (Lipinski definition) is 7. The van der Waals surface area contributed by atoms with Crippen molar-refractivity contribution in [1.29, 1.82) is 0 Å². The van der Waals surface area contributed by atoms with Crippen molar-refractivity contribution in [3.05, 3.63) is 47.5 Å². The maximum atomic E-state index is 12.4. The number of carbonyl (C=O) groups excluding carboxylic acids is 2. The number of cyclic esters (lactones) is 2. The van der Waals surface area contributed by atoms with E-state index < -0.39 is 11.9 Å². The quantitative estimate of drug-likeness (QED) is 0.606. The number of benzene rings is 2. The van der Waals surface area contributed by atoms with Crippen LogP contribution in [0.2, 0.25) is 0 Å². The van der Waals surface area contributed by atoms with Crippen molar-refractivity contribution in [2.24, 2.45) is 0 Å². The SMILES string of the molecule is COc1ccc(C2=C(c3ccc4c(c3)OCCO4)C(=O)OC2=O)c(OC)c1. The van der Waals surface area contributed by atoms with Gasteiger partial charge in [0, 0.05) is 11.6 Å². The largest absolute Gasteiger partial charge is 0.497 e. The lowest BCUT2D eigenvalue weighted by Gasteiger charge is -2.19. The summed E-state index contributed by atoms with van der Waals surface area (Å²) in [5, 5.41) is 0. The second-order valence-corrected chi connectivity index (χ2v) is 5.85. The molecule has 2 aromatic carbocycles. The van der Waals surface area contributed by atoms with Crippen molar-refractivity contribution in [3.8, 4) is 23.0 Å². The third-order valence-electron chi connectivity index (χ3n) is 4.35. The molecule has 0 atom stereocenters. The smallest absolute Gasteiger partial charge is 0.347 e. The summed E-state index contributed by atoms with van der Waals surface area (Å²) in [4.78, 5) is 24.9. The van der Waals surface area contributed by atoms with Gasteiger partial charge in [-0.2, -0.15) is 0 Å². The predicted molar refractivity (Wildman–Crippen MR) is 94.9 cm³/mol. The average molecular weight is 368 g/mol. The Bertz CT molecular complexity index is 974. The highest BCUT2D eigenvalue weighted by atomic mass is 16.6. The number of esters is 2. The molecule has 0 saturated carbocycles. The van der Waals surface area contributed by atoms with Gasteiger partial charge in [0.15, 0.2) is 11.5 Å². The zero-order chi connectivity index (χ0) is 19.0. The van der Waals surface area contributed by atoms with Crippen LogP contribution >= 0.6 is 0 Å². The molecule has 27 heavy (non-hydrogen) atoms. The predicted octanol–water partition coefficient (Wildman–Crippen LogP) is 2.47. The Labute approximate surface area is 155 Å². The molecule has 0 saturated heterocycles. The molecule has 0 aliphatic carbocycles. The van der Waals surface area contributed by atoms with Crippen molar-refractivity contribution in [1.82, 2.24) is 0 Å². The molecule has 7 heteroatoms. The molecule has 2 aliphatic heterocycles. The van der Waals surface area contributed by atoms with Crippen molar-refractivity contribution in [2.45, 2.75) is 0 Å². The highest BCUT2D eigenvalue weighted by Crippen LogP contribution is 2.41. The Morgan fingerprint density at radius 1 is 0.815 bits per heavy atom. The summed E-state index contributed by atoms with van der Waals surface area (Å²) in [6.07, 6.45) is 0. The fraction of sp³-hybridized carbons (Fsp3) is 0.200. The van der Waals surface area contributed by atoms with E-state index in [1.807, 2.05) is 0 Å². The highest BCUT2D eigenvalue weighted by Gasteiger charge is 2.37. The minimum atomic E-state index is -0.728. The summed E-state index contributed by atoms with van der Waals surface area (Å²) in [7, 11) is 3.01. The van der Waals surface area contributed by atoms with Gasteiger partial charge in [0.25, 0.3) is 0 Å². The van der Waals surface area contributed by atoms with Crippen LogP contribution in [0.15, 0.2) is 36.4 Å². The van der Waals surface area contributed by atoms with E-state index in [4.69, 9.17) is 23.7 Å². The number of ether oxygens (including phenoxy) is 5. The topological polar surface area (TPSA) is 80.3 Å². The van der Waals surface area contributed by atoms with Crippen LogP contribution in [-0.4, -0.2) is 39.4 Å². The lowest BCUT2D eigenvalue weighted by molar-refractivity contribution is -0.149. The summed E-state index contributed by atoms with van der Waals surface area (Å²) in [6.45, 7) is 0.877. The Morgan fingerprint density at radius 2 is 1.56 bits per heavy atom. The second kappa shape index (κ2) is 6.68. The van der Waals surface area contributed by atoms with E-state index in [0.29, 0.717) is 47.3 Å². The third-order valence-corrected chi connectivity index (χ3v) is 4.35. The minimum Gasteiger partial charge on any atom is -0.497 e. The van der Waals surface area contributed by atoms with E-state index in [2.05, 4.69) is 0 Å². The summed E-state index contributed by atoms with van der Waals surface area (Å²) in [5.41, 5.74) is 1.23. The van der Waals surface area contributed by atoms with Gasteiger partial charge in [-0.3, -0.25) is 0 Å². The molecule has 2 heterocycles. The highest BCUT2D eigenvalue weighted by molar-refractivity contribution is 6.45. The van der Waals surface area contributed by atoms with Crippen LogP contribution in [0.3, 0.4) is 0 Å². The van der Waals surface area contributed by atoms with Gasteiger partial charge in [-0.25, -0.2) is 9.59 Å². The first-order chi connectivity index (χ1) is 13.1. The first kappa shape index (κ1) is 17.0. The standard InChI is InChI=1S/C20H16O7/c1-23-12-4-5-13(15(10-12)24-2)18-17(19(21)27-20(18)22)11-3-6-14-16(9-11)26-8-7-25-14/h3-6,9-10H,7-8H2,1-2H3. The maximum Gasteiger partial charge on any atom is 0.347 e. The molecule has 0 fully saturated rings. The first-order valence-corrected chi connectivity index (χ1v) is 8.25. The molecule has 0 spiro atoms. The van der Waals surface area contributed by atoms with Crippen molar-refractivity contribution < 1.29 is 33.3 Å². The number of rotatable bonds is 4. The molecule has 2 aliphatic rings. The number of methoxy groups -OCH3 is 2. The maximum absolute atomic E-state index is 12.4. The summed E-state index contributed by atoms with van der Waals surface area (Å²) in [6, 6.07) is 10.0.